The molecule has 0 radical (unpaired) electrons. The van der Waals surface area contributed by atoms with Crippen LogP contribution in [0.3, 0.4) is 0 Å². The molecule has 4 amide bonds. The Labute approximate surface area is 804 Å². The van der Waals surface area contributed by atoms with Gasteiger partial charge in [-0.25, -0.2) is 51.8 Å². The summed E-state index contributed by atoms with van der Waals surface area (Å²) in [4.78, 5) is 118. The number of pyridine rings is 1. The van der Waals surface area contributed by atoms with Crippen LogP contribution in [-0.2, 0) is 78.4 Å². The van der Waals surface area contributed by atoms with E-state index in [-0.39, 0.29) is 34.3 Å². The third-order valence-corrected chi connectivity index (χ3v) is 26.0. The number of halogens is 21. The number of methoxy groups -OCH3 is 4. The number of Topliss-reactive ketones (excluding diaryl/α,β-unsaturated/α-hetero) is 2. The van der Waals surface area contributed by atoms with E-state index < -0.39 is 247 Å². The summed E-state index contributed by atoms with van der Waals surface area (Å²) < 4.78 is 313. The Bertz CT molecular complexity index is 5300. The number of esters is 2. The number of aliphatic hydroxyl groups is 2. The highest BCUT2D eigenvalue weighted by Gasteiger charge is 2.60. The maximum absolute atomic E-state index is 16.0. The van der Waals surface area contributed by atoms with E-state index in [1.54, 1.807) is 54.7 Å². The van der Waals surface area contributed by atoms with Crippen molar-refractivity contribution in [2.24, 2.45) is 56.1 Å². The van der Waals surface area contributed by atoms with Gasteiger partial charge >= 0.3 is 61.9 Å². The van der Waals surface area contributed by atoms with Crippen LogP contribution in [0.1, 0.15) is 122 Å². The van der Waals surface area contributed by atoms with Gasteiger partial charge in [0, 0.05) is 120 Å². The van der Waals surface area contributed by atoms with Crippen molar-refractivity contribution >= 4 is 87.8 Å². The number of anilines is 1. The van der Waals surface area contributed by atoms with Crippen LogP contribution >= 0.6 is 22.6 Å². The van der Waals surface area contributed by atoms with Crippen molar-refractivity contribution in [3.63, 3.8) is 0 Å². The maximum atomic E-state index is 16.0. The zero-order valence-electron chi connectivity index (χ0n) is 77.4. The highest BCUT2D eigenvalue weighted by molar-refractivity contribution is 14.1. The number of benzene rings is 4. The number of carbonyl (C=O) groups is 8. The number of aromatic nitrogens is 3. The predicted molar refractivity (Wildman–Crippen MR) is 473 cm³/mol. The number of hydrogen-bond donors (Lipinski definition) is 7. The largest absolute Gasteiger partial charge is 0.469 e. The van der Waals surface area contributed by atoms with Gasteiger partial charge in [-0.3, -0.25) is 44.5 Å². The number of ether oxygens (including phenoxy) is 5. The summed E-state index contributed by atoms with van der Waals surface area (Å²) in [5.41, 5.74) is -2.85. The fourth-order valence-corrected chi connectivity index (χ4v) is 16.3. The zero-order valence-corrected chi connectivity index (χ0v) is 79.5. The minimum atomic E-state index is -5.16. The number of piperidine rings is 1. The Balaban J connectivity index is 0.000000353. The van der Waals surface area contributed by atoms with Gasteiger partial charge in [0.05, 0.1) is 112 Å². The second-order valence-corrected chi connectivity index (χ2v) is 37.4. The van der Waals surface area contributed by atoms with Crippen molar-refractivity contribution in [2.75, 3.05) is 72.7 Å². The number of allylic oxidation sites excluding steroid dienone is 1. The zero-order chi connectivity index (χ0) is 105. The first kappa shape index (κ1) is 114. The van der Waals surface area contributed by atoms with Crippen LogP contribution in [0, 0.1) is 72.2 Å². The van der Waals surface area contributed by atoms with Gasteiger partial charge in [-0.15, -0.1) is 0 Å². The lowest BCUT2D eigenvalue weighted by molar-refractivity contribution is -0.231. The number of nitrogens with zero attached hydrogens (tertiary/aromatic N) is 8. The van der Waals surface area contributed by atoms with E-state index in [4.69, 9.17) is 15.5 Å². The summed E-state index contributed by atoms with van der Waals surface area (Å²) >= 11 is 1.98. The summed E-state index contributed by atoms with van der Waals surface area (Å²) in [7, 11) is 3.39. The molecule has 2 aromatic heterocycles. The lowest BCUT2D eigenvalue weighted by Crippen LogP contribution is -2.74. The molecular formula is C91H106F20IN13O15. The van der Waals surface area contributed by atoms with E-state index in [1.165, 1.54) is 0 Å². The first-order chi connectivity index (χ1) is 65.0. The van der Waals surface area contributed by atoms with Gasteiger partial charge in [0.15, 0.2) is 11.6 Å². The summed E-state index contributed by atoms with van der Waals surface area (Å²) in [6, 6.07) is 17.0. The van der Waals surface area contributed by atoms with Crippen LogP contribution in [0.15, 0.2) is 114 Å². The van der Waals surface area contributed by atoms with Gasteiger partial charge in [-0.2, -0.15) is 75.3 Å². The van der Waals surface area contributed by atoms with E-state index in [0.29, 0.717) is 136 Å². The SMILES string of the molecule is COC(=O)C[C@H](C(=O)NN(Cc1c(F)cc(-c2ccn(C(F)F)n2)cc1F)C[C@H](O)[C@@H](CC(=O)[C@@H](NC(=O)OC)C(C)(C)C(F)(F)F)Cc1ccc(I)cc1)C(C)(C)C(F)(F)F.COC(=O)C[C@H](C(=O)NN(Cc1c(F)cc(C(N)=CC=NC(F)F)cc1F)C[C@H](O)[C@@H](CC(=O)[C@@H](NC(=O)OC)C(C)(C)C(F)(F)F)Cc1ccc(-c2ccc(N3CC4CC(C3)N4C3COC3)nc2)cc1)C(C)(C)C(F)(F)F. The standard InChI is InChI=1S/C52H62F10N8O8.C39H44F10IN5O7/c1-49(2,51(57,58)59)37(20-44(73)76-5)46(74)67-69(24-36-38(53)16-31(17-39(36)54)40(63)13-14-64-47(55)56)25-42(72)32(18-41(71)45(66-48(75)77-6)50(3,4)52(60,61)62)15-28-7-9-29(10-8-28)30-11-12-43(65-21-30)68-22-33-19-34(23-68)70(33)35-26-78-27-35;1-36(2,38(44,45)46)25(17-31(58)61-5)33(59)53-54(18-24-26(40)14-21(15-27(24)41)28-11-12-55(52-28)34(42)43)19-30(57)22(13-20-7-9-23(50)10-8-20)16-29(56)32(51-35(60)62-6)37(3,4)39(47,48)49/h7-14,16-17,21,32-35,37,42,45,47,72H,15,18-20,22-27,63H2,1-6H3,(H,66,75)(H,67,74);7-12,14-15,22,25,30,32,34,57H,13,16-19H2,1-6H3,(H,51,60)(H,53,59)/t32-,33?,34?,37-,42+,45-;22-,25-,30+,32-/m11/s1. The van der Waals surface area contributed by atoms with Crippen LogP contribution in [0.4, 0.5) is 103 Å². The number of alkyl carbamates (subject to hydrolysis) is 2. The topological polar surface area (TPSA) is 353 Å². The number of piperazine rings is 1. The van der Waals surface area contributed by atoms with E-state index in [2.05, 4.69) is 49.7 Å². The number of hydrazine groups is 2. The van der Waals surface area contributed by atoms with Crippen LogP contribution < -0.4 is 32.1 Å². The monoisotopic (exact) mass is 2130 g/mol. The average molecular weight is 2130 g/mol. The number of carbonyl (C=O) groups excluding carboxylic acids is 8. The summed E-state index contributed by atoms with van der Waals surface area (Å²) in [5, 5.41) is 32.5. The number of alkyl halides is 16. The number of fused-ring (bicyclic) bond motifs is 2. The Morgan fingerprint density at radius 2 is 0.957 bits per heavy atom. The number of aliphatic imine (C=N–C) groups is 1. The molecule has 10 atom stereocenters. The molecule has 10 rings (SSSR count). The smallest absolute Gasteiger partial charge is 0.407 e. The highest BCUT2D eigenvalue weighted by Crippen LogP contribution is 2.49. The van der Waals surface area contributed by atoms with E-state index >= 15 is 17.6 Å². The molecule has 140 heavy (non-hydrogen) atoms. The molecule has 6 aromatic rings. The number of amides is 4. The molecule has 4 aliphatic rings. The van der Waals surface area contributed by atoms with E-state index in [9.17, 15) is 119 Å². The summed E-state index contributed by atoms with van der Waals surface area (Å²) in [5.74, 6) is -20.4. The van der Waals surface area contributed by atoms with Crippen molar-refractivity contribution in [3.8, 4) is 22.4 Å². The number of hydrogen-bond acceptors (Lipinski definition) is 23. The van der Waals surface area contributed by atoms with Gasteiger partial charge in [-0.1, -0.05) is 64.1 Å². The van der Waals surface area contributed by atoms with Crippen molar-refractivity contribution in [2.45, 2.75) is 194 Å². The number of ketones is 2. The second-order valence-electron chi connectivity index (χ2n) is 36.1. The molecule has 4 saturated heterocycles. The number of aliphatic hydroxyl groups excluding tert-OH is 2. The van der Waals surface area contributed by atoms with Crippen LogP contribution in [-0.4, -0.2) is 235 Å². The van der Waals surface area contributed by atoms with Crippen LogP contribution in [0.25, 0.3) is 28.1 Å². The Hall–Kier alpha value is -10.9. The van der Waals surface area contributed by atoms with Gasteiger partial charge in [-0.05, 0) is 159 Å². The molecule has 6 heterocycles. The fraction of sp³-hybridized carbons (Fsp3) is 0.527. The summed E-state index contributed by atoms with van der Waals surface area (Å²) in [6.45, 7) is -2.32. The van der Waals surface area contributed by atoms with E-state index in [0.717, 1.165) is 88.9 Å². The summed E-state index contributed by atoms with van der Waals surface area (Å²) in [6.07, 6.45) is -27.1. The molecule has 28 nitrogen and oxygen atoms in total. The molecule has 0 saturated carbocycles. The minimum Gasteiger partial charge on any atom is -0.469 e. The minimum absolute atomic E-state index is 0.208. The molecule has 4 fully saturated rings. The van der Waals surface area contributed by atoms with Crippen molar-refractivity contribution < 1.29 is 160 Å². The van der Waals surface area contributed by atoms with E-state index in [1.807, 2.05) is 45.4 Å². The Morgan fingerprint density at radius 1 is 0.550 bits per heavy atom. The third kappa shape index (κ3) is 29.0. The van der Waals surface area contributed by atoms with Crippen molar-refractivity contribution in [1.82, 2.24) is 51.2 Å². The maximum Gasteiger partial charge on any atom is 0.407 e. The number of rotatable bonds is 42. The molecule has 772 valence electrons. The molecule has 4 aliphatic heterocycles. The quantitative estimate of drug-likeness (QED) is 0.00356. The van der Waals surface area contributed by atoms with Gasteiger partial charge in [0.1, 0.15) is 41.2 Å². The average Bonchev–Trinajstić information content (AvgIpc) is 0.835. The molecule has 49 heteroatoms. The van der Waals surface area contributed by atoms with Gasteiger partial charge in [0.25, 0.3) is 0 Å². The molecule has 0 aliphatic carbocycles. The number of nitrogens with two attached hydrogens (primary N) is 1. The molecule has 0 spiro atoms. The molecule has 2 bridgehead atoms. The lowest BCUT2D eigenvalue weighted by atomic mass is 9.75. The number of nitrogens with one attached hydrogen (secondary N) is 4. The predicted octanol–water partition coefficient (Wildman–Crippen LogP) is 15.3. The van der Waals surface area contributed by atoms with Crippen molar-refractivity contribution in [1.29, 1.82) is 0 Å². The fourth-order valence-electron chi connectivity index (χ4n) is 15.9. The van der Waals surface area contributed by atoms with Gasteiger partial charge < -0.3 is 55.2 Å². The lowest BCUT2D eigenvalue weighted by Gasteiger charge is -2.60. The van der Waals surface area contributed by atoms with Crippen LogP contribution in [0.5, 0.6) is 0 Å². The Morgan fingerprint density at radius 3 is 1.31 bits per heavy atom. The van der Waals surface area contributed by atoms with Crippen LogP contribution in [0.2, 0.25) is 0 Å². The molecular weight excluding hydrogens is 2020 g/mol. The van der Waals surface area contributed by atoms with Crippen molar-refractivity contribution in [3.05, 3.63) is 164 Å². The first-order valence-electron chi connectivity index (χ1n) is 43.1. The third-order valence-electron chi connectivity index (χ3n) is 25.3. The first-order valence-corrected chi connectivity index (χ1v) is 44.2. The molecule has 8 N–H and O–H groups in total. The Kier molecular flexibility index (Phi) is 38.7. The molecule has 4 aromatic carbocycles. The second kappa shape index (κ2) is 47.3. The van der Waals surface area contributed by atoms with Gasteiger partial charge in [0.2, 0.25) is 11.8 Å². The normalized spacial score (nSPS) is 17.2. The molecule has 2 unspecified atom stereocenters. The highest BCUT2D eigenvalue weighted by atomic mass is 127.